The van der Waals surface area contributed by atoms with Crippen LogP contribution in [0.1, 0.15) is 12.8 Å². The molecule has 0 heterocycles. The predicted molar refractivity (Wildman–Crippen MR) is 55.1 cm³/mol. The average Bonchev–Trinajstić information content (AvgIpc) is 2.92. The predicted octanol–water partition coefficient (Wildman–Crippen LogP) is 1.96. The van der Waals surface area contributed by atoms with Gasteiger partial charge in [0.05, 0.1) is 0 Å². The number of allylic oxidation sites excluding steroid dienone is 8. The summed E-state index contributed by atoms with van der Waals surface area (Å²) < 4.78 is 6.00. The molecule has 0 amide bonds. The standard InChI is InChI=1S/2C5H5.2CO.Ti/c2*1-2-4-5-3-1;2*1-2;/h2*1-3H,4H2;;;. The van der Waals surface area contributed by atoms with Crippen LogP contribution < -0.4 is 0 Å². The topological polar surface area (TPSA) is 34.1 Å². The van der Waals surface area contributed by atoms with Gasteiger partial charge in [0.1, 0.15) is 0 Å². The minimum absolute atomic E-state index is 0.710. The van der Waals surface area contributed by atoms with E-state index in [1.807, 2.05) is 44.8 Å². The van der Waals surface area contributed by atoms with Crippen LogP contribution in [-0.2, 0) is 25.3 Å². The molecule has 0 saturated heterocycles. The summed E-state index contributed by atoms with van der Waals surface area (Å²) in [4.78, 5) is 22.4. The molecule has 0 N–H and O–H groups in total. The van der Waals surface area contributed by atoms with Crippen LogP contribution in [0.15, 0.2) is 44.2 Å². The summed E-state index contributed by atoms with van der Waals surface area (Å²) in [6, 6.07) is 0. The second kappa shape index (κ2) is 4.14. The van der Waals surface area contributed by atoms with E-state index in [0.29, 0.717) is 12.8 Å². The summed E-state index contributed by atoms with van der Waals surface area (Å²) in [5, 5.41) is 0. The Balaban J connectivity index is 2.63. The Morgan fingerprint density at radius 1 is 0.933 bits per heavy atom. The molecule has 74 valence electrons. The quantitative estimate of drug-likeness (QED) is 0.684. The average molecular weight is 234 g/mol. The van der Waals surface area contributed by atoms with E-state index < -0.39 is 15.7 Å². The zero-order valence-corrected chi connectivity index (χ0v) is 9.76. The van der Waals surface area contributed by atoms with Gasteiger partial charge in [0, 0.05) is 0 Å². The molecule has 2 rings (SSSR count). The molecule has 0 aromatic heterocycles. The molecule has 15 heavy (non-hydrogen) atoms. The van der Waals surface area contributed by atoms with Gasteiger partial charge in [0.25, 0.3) is 0 Å². The molecule has 0 unspecified atom stereocenters. The van der Waals surface area contributed by atoms with Crippen molar-refractivity contribution in [3.8, 4) is 0 Å². The minimum atomic E-state index is -3.46. The van der Waals surface area contributed by atoms with Gasteiger partial charge in [-0.15, -0.1) is 0 Å². The Morgan fingerprint density at radius 2 is 1.40 bits per heavy atom. The molecule has 0 spiro atoms. The van der Waals surface area contributed by atoms with E-state index in [1.165, 1.54) is 0 Å². The first-order valence-corrected chi connectivity index (χ1v) is 7.97. The Hall–Kier alpha value is -1.17. The van der Waals surface area contributed by atoms with Crippen LogP contribution in [0.2, 0.25) is 0 Å². The van der Waals surface area contributed by atoms with Crippen molar-refractivity contribution in [3.05, 3.63) is 44.2 Å². The van der Waals surface area contributed by atoms with E-state index in [0.717, 1.165) is 7.76 Å². The molecular weight excluding hydrogens is 224 g/mol. The van der Waals surface area contributed by atoms with Crippen molar-refractivity contribution in [3.63, 3.8) is 0 Å². The summed E-state index contributed by atoms with van der Waals surface area (Å²) in [6.07, 6.45) is 12.9. The van der Waals surface area contributed by atoms with Crippen molar-refractivity contribution in [1.29, 1.82) is 0 Å². The fourth-order valence-electron chi connectivity index (χ4n) is 1.94. The third-order valence-electron chi connectivity index (χ3n) is 2.81. The third-order valence-corrected chi connectivity index (χ3v) is 7.93. The summed E-state index contributed by atoms with van der Waals surface area (Å²) in [5.41, 5.74) is 0. The normalized spacial score (nSPS) is 17.3. The molecule has 0 bridgehead atoms. The van der Waals surface area contributed by atoms with Gasteiger partial charge in [-0.05, 0) is 0 Å². The van der Waals surface area contributed by atoms with E-state index in [9.17, 15) is 9.59 Å². The fraction of sp³-hybridized carbons (Fsp3) is 0.167. The maximum atomic E-state index is 11.2. The van der Waals surface area contributed by atoms with E-state index in [1.54, 1.807) is 0 Å². The van der Waals surface area contributed by atoms with Crippen LogP contribution in [0.4, 0.5) is 0 Å². The molecule has 0 saturated carbocycles. The van der Waals surface area contributed by atoms with Gasteiger partial charge in [-0.2, -0.15) is 0 Å². The summed E-state index contributed by atoms with van der Waals surface area (Å²) in [5.74, 6) is 0. The van der Waals surface area contributed by atoms with E-state index in [4.69, 9.17) is 0 Å². The first-order chi connectivity index (χ1) is 7.33. The van der Waals surface area contributed by atoms with Gasteiger partial charge >= 0.3 is 90.7 Å². The van der Waals surface area contributed by atoms with Crippen molar-refractivity contribution < 1.29 is 25.3 Å². The monoisotopic (exact) mass is 234 g/mol. The Bertz CT molecular complexity index is 513. The molecule has 2 aliphatic rings. The summed E-state index contributed by atoms with van der Waals surface area (Å²) in [7, 11) is 0. The van der Waals surface area contributed by atoms with Crippen molar-refractivity contribution in [2.24, 2.45) is 0 Å². The molecule has 2 nitrogen and oxygen atoms in total. The van der Waals surface area contributed by atoms with Crippen LogP contribution >= 0.6 is 0 Å². The van der Waals surface area contributed by atoms with Gasteiger partial charge in [-0.3, -0.25) is 0 Å². The van der Waals surface area contributed by atoms with Crippen molar-refractivity contribution in [1.82, 2.24) is 0 Å². The molecule has 0 atom stereocenters. The van der Waals surface area contributed by atoms with E-state index >= 15 is 0 Å². The maximum absolute atomic E-state index is 11.2. The first-order valence-electron chi connectivity index (χ1n) is 4.84. The Morgan fingerprint density at radius 3 is 1.67 bits per heavy atom. The molecular formula is C12H10O2Ti. The number of hydrogen-bond acceptors (Lipinski definition) is 2. The first kappa shape index (κ1) is 10.4. The fourth-order valence-corrected chi connectivity index (χ4v) is 5.87. The van der Waals surface area contributed by atoms with Crippen molar-refractivity contribution in [2.45, 2.75) is 12.8 Å². The zero-order chi connectivity index (χ0) is 10.7. The molecule has 0 fully saturated rings. The number of carbonyl (C=O) groups excluding carboxylic acids is 2. The summed E-state index contributed by atoms with van der Waals surface area (Å²) >= 11 is -3.46. The van der Waals surface area contributed by atoms with E-state index in [2.05, 4.69) is 0 Å². The molecule has 0 aromatic rings. The van der Waals surface area contributed by atoms with Crippen LogP contribution in [0.25, 0.3) is 0 Å². The number of rotatable bonds is 2. The van der Waals surface area contributed by atoms with Crippen molar-refractivity contribution in [2.75, 3.05) is 0 Å². The van der Waals surface area contributed by atoms with Crippen LogP contribution in [0.5, 0.6) is 0 Å². The Kier molecular flexibility index (Phi) is 2.86. The van der Waals surface area contributed by atoms with Crippen molar-refractivity contribution >= 4 is 8.36 Å². The molecule has 2 aliphatic carbocycles. The molecule has 3 heteroatoms. The second-order valence-electron chi connectivity index (χ2n) is 3.60. The SMILES string of the molecule is O=[C]=[Ti](=[C]=O)([C]1=CC=CC1)[C]1=CC=CC1. The molecule has 0 aromatic carbocycles. The van der Waals surface area contributed by atoms with Crippen LogP contribution in [-0.4, -0.2) is 8.36 Å². The molecule has 0 aliphatic heterocycles. The number of hydrogen-bond donors (Lipinski definition) is 0. The van der Waals surface area contributed by atoms with Crippen LogP contribution in [0.3, 0.4) is 0 Å². The van der Waals surface area contributed by atoms with Gasteiger partial charge in [-0.25, -0.2) is 0 Å². The van der Waals surface area contributed by atoms with E-state index in [-0.39, 0.29) is 0 Å². The molecule has 0 radical (unpaired) electrons. The summed E-state index contributed by atoms with van der Waals surface area (Å²) in [6.45, 7) is 0. The van der Waals surface area contributed by atoms with Gasteiger partial charge < -0.3 is 0 Å². The second-order valence-corrected chi connectivity index (χ2v) is 8.59. The van der Waals surface area contributed by atoms with Gasteiger partial charge in [0.2, 0.25) is 0 Å². The van der Waals surface area contributed by atoms with Gasteiger partial charge in [0.15, 0.2) is 0 Å². The van der Waals surface area contributed by atoms with Gasteiger partial charge in [-0.1, -0.05) is 0 Å². The zero-order valence-electron chi connectivity index (χ0n) is 8.19. The van der Waals surface area contributed by atoms with Crippen LogP contribution in [0, 0.1) is 0 Å². The Labute approximate surface area is 90.7 Å². The third kappa shape index (κ3) is 1.58.